The fourth-order valence-corrected chi connectivity index (χ4v) is 4.15. The number of carbonyl (C=O) groups excluding carboxylic acids is 2. The van der Waals surface area contributed by atoms with E-state index in [-0.39, 0.29) is 17.6 Å². The van der Waals surface area contributed by atoms with Gasteiger partial charge in [-0.2, -0.15) is 5.10 Å². The lowest BCUT2D eigenvalue weighted by Gasteiger charge is -2.23. The Balaban J connectivity index is 1.27. The summed E-state index contributed by atoms with van der Waals surface area (Å²) in [6.45, 7) is 0.838. The zero-order valence-electron chi connectivity index (χ0n) is 17.3. The lowest BCUT2D eigenvalue weighted by molar-refractivity contribution is -0.133. The highest BCUT2D eigenvalue weighted by molar-refractivity contribution is 5.98. The third-order valence-corrected chi connectivity index (χ3v) is 5.80. The van der Waals surface area contributed by atoms with E-state index in [1.54, 1.807) is 34.0 Å². The van der Waals surface area contributed by atoms with Gasteiger partial charge in [0.1, 0.15) is 11.9 Å². The fraction of sp³-hybridized carbons (Fsp3) is 0.208. The van der Waals surface area contributed by atoms with Crippen LogP contribution in [0.25, 0.3) is 10.9 Å². The number of amides is 2. The lowest BCUT2D eigenvalue weighted by Crippen LogP contribution is -2.41. The third kappa shape index (κ3) is 3.99. The van der Waals surface area contributed by atoms with Crippen LogP contribution in [0.15, 0.2) is 67.0 Å². The lowest BCUT2D eigenvalue weighted by atomic mass is 10.1. The smallest absolute Gasteiger partial charge is 0.248 e. The molecule has 5 rings (SSSR count). The van der Waals surface area contributed by atoms with Crippen molar-refractivity contribution < 1.29 is 14.0 Å². The van der Waals surface area contributed by atoms with Gasteiger partial charge in [0.15, 0.2) is 5.82 Å². The molecule has 1 aliphatic heterocycles. The molecule has 1 atom stereocenters. The molecule has 32 heavy (non-hydrogen) atoms. The molecule has 2 N–H and O–H groups in total. The monoisotopic (exact) mass is 431 g/mol. The molecule has 0 bridgehead atoms. The Morgan fingerprint density at radius 1 is 1.12 bits per heavy atom. The number of nitrogens with zero attached hydrogens (tertiary/aromatic N) is 3. The summed E-state index contributed by atoms with van der Waals surface area (Å²) in [5, 5.41) is 8.26. The second-order valence-electron chi connectivity index (χ2n) is 7.95. The largest absolute Gasteiger partial charge is 0.361 e. The van der Waals surface area contributed by atoms with Gasteiger partial charge in [-0.3, -0.25) is 14.3 Å². The molecule has 2 aromatic heterocycles. The summed E-state index contributed by atoms with van der Waals surface area (Å²) in [5.41, 5.74) is 2.89. The first-order valence-electron chi connectivity index (χ1n) is 10.5. The molecule has 7 nitrogen and oxygen atoms in total. The predicted octanol–water partition coefficient (Wildman–Crippen LogP) is 3.68. The minimum absolute atomic E-state index is 0.0303. The van der Waals surface area contributed by atoms with Crippen molar-refractivity contribution in [1.82, 2.24) is 19.7 Å². The zero-order chi connectivity index (χ0) is 22.1. The van der Waals surface area contributed by atoms with Crippen LogP contribution in [-0.2, 0) is 22.7 Å². The number of rotatable bonds is 6. The Kier molecular flexibility index (Phi) is 5.18. The van der Waals surface area contributed by atoms with Crippen molar-refractivity contribution in [3.8, 4) is 0 Å². The SMILES string of the molecule is O=C(Nc1ccn(Cc2ccc(F)cc2)n1)C1CCC(=O)N1Cc1c[nH]c2ccccc12. The molecule has 3 heterocycles. The van der Waals surface area contributed by atoms with Gasteiger partial charge in [0.25, 0.3) is 0 Å². The number of halogens is 1. The van der Waals surface area contributed by atoms with E-state index in [1.807, 2.05) is 30.5 Å². The molecule has 1 unspecified atom stereocenters. The van der Waals surface area contributed by atoms with Gasteiger partial charge in [-0.25, -0.2) is 4.39 Å². The van der Waals surface area contributed by atoms with Crippen molar-refractivity contribution in [2.24, 2.45) is 0 Å². The minimum Gasteiger partial charge on any atom is -0.361 e. The Labute approximate surface area is 183 Å². The standard InChI is InChI=1S/C24H22FN5O2/c25-18-7-5-16(6-8-18)14-29-12-11-22(28-29)27-24(32)21-9-10-23(31)30(21)15-17-13-26-20-4-2-1-3-19(17)20/h1-8,11-13,21,26H,9-10,14-15H2,(H,27,28,32). The van der Waals surface area contributed by atoms with Gasteiger partial charge in [0.05, 0.1) is 6.54 Å². The van der Waals surface area contributed by atoms with E-state index >= 15 is 0 Å². The number of para-hydroxylation sites is 1. The Bertz CT molecular complexity index is 1280. The fourth-order valence-electron chi connectivity index (χ4n) is 4.15. The van der Waals surface area contributed by atoms with Crippen molar-refractivity contribution in [3.63, 3.8) is 0 Å². The number of aromatic nitrogens is 3. The van der Waals surface area contributed by atoms with Gasteiger partial charge < -0.3 is 15.2 Å². The first-order valence-corrected chi connectivity index (χ1v) is 10.5. The third-order valence-electron chi connectivity index (χ3n) is 5.80. The van der Waals surface area contributed by atoms with Crippen LogP contribution in [-0.4, -0.2) is 37.5 Å². The topological polar surface area (TPSA) is 83.0 Å². The molecular weight excluding hydrogens is 409 g/mol. The average molecular weight is 431 g/mol. The summed E-state index contributed by atoms with van der Waals surface area (Å²) in [6, 6.07) is 15.3. The number of aromatic amines is 1. The van der Waals surface area contributed by atoms with Gasteiger partial charge in [-0.05, 0) is 35.7 Å². The quantitative estimate of drug-likeness (QED) is 0.489. The van der Waals surface area contributed by atoms with Gasteiger partial charge in [-0.1, -0.05) is 30.3 Å². The van der Waals surface area contributed by atoms with E-state index in [2.05, 4.69) is 15.4 Å². The summed E-state index contributed by atoms with van der Waals surface area (Å²) < 4.78 is 14.7. The number of benzene rings is 2. The van der Waals surface area contributed by atoms with Crippen LogP contribution in [0.4, 0.5) is 10.2 Å². The first-order chi connectivity index (χ1) is 15.6. The highest BCUT2D eigenvalue weighted by atomic mass is 19.1. The first kappa shape index (κ1) is 20.0. The van der Waals surface area contributed by atoms with E-state index < -0.39 is 6.04 Å². The van der Waals surface area contributed by atoms with Crippen molar-refractivity contribution in [3.05, 3.63) is 83.9 Å². The molecule has 8 heteroatoms. The minimum atomic E-state index is -0.543. The Hall–Kier alpha value is -3.94. The van der Waals surface area contributed by atoms with E-state index in [1.165, 1.54) is 12.1 Å². The summed E-state index contributed by atoms with van der Waals surface area (Å²) in [7, 11) is 0. The number of nitrogens with one attached hydrogen (secondary N) is 2. The highest BCUT2D eigenvalue weighted by Crippen LogP contribution is 2.26. The van der Waals surface area contributed by atoms with Crippen LogP contribution < -0.4 is 5.32 Å². The van der Waals surface area contributed by atoms with Gasteiger partial charge in [0.2, 0.25) is 11.8 Å². The molecule has 1 saturated heterocycles. The number of H-pyrrole nitrogens is 1. The molecule has 162 valence electrons. The van der Waals surface area contributed by atoms with Crippen LogP contribution >= 0.6 is 0 Å². The number of anilines is 1. The molecule has 2 aromatic carbocycles. The Morgan fingerprint density at radius 3 is 2.78 bits per heavy atom. The predicted molar refractivity (Wildman–Crippen MR) is 118 cm³/mol. The number of carbonyl (C=O) groups is 2. The zero-order valence-corrected chi connectivity index (χ0v) is 17.3. The molecular formula is C24H22FN5O2. The van der Waals surface area contributed by atoms with Gasteiger partial charge >= 0.3 is 0 Å². The van der Waals surface area contributed by atoms with Crippen molar-refractivity contribution in [2.75, 3.05) is 5.32 Å². The van der Waals surface area contributed by atoms with Crippen molar-refractivity contribution >= 4 is 28.5 Å². The van der Waals surface area contributed by atoms with E-state index in [0.717, 1.165) is 22.0 Å². The number of likely N-dealkylation sites (tertiary alicyclic amines) is 1. The van der Waals surface area contributed by atoms with Gasteiger partial charge in [-0.15, -0.1) is 0 Å². The van der Waals surface area contributed by atoms with Crippen LogP contribution in [0.1, 0.15) is 24.0 Å². The maximum Gasteiger partial charge on any atom is 0.248 e. The number of hydrogen-bond donors (Lipinski definition) is 2. The van der Waals surface area contributed by atoms with E-state index in [4.69, 9.17) is 0 Å². The molecule has 0 radical (unpaired) electrons. The number of hydrogen-bond acceptors (Lipinski definition) is 3. The van der Waals surface area contributed by atoms with Crippen LogP contribution in [0.2, 0.25) is 0 Å². The second kappa shape index (κ2) is 8.30. The molecule has 0 spiro atoms. The molecule has 2 amide bonds. The normalized spacial score (nSPS) is 16.1. The maximum atomic E-state index is 13.1. The van der Waals surface area contributed by atoms with Crippen molar-refractivity contribution in [2.45, 2.75) is 32.0 Å². The van der Waals surface area contributed by atoms with Crippen LogP contribution in [0.5, 0.6) is 0 Å². The molecule has 1 fully saturated rings. The summed E-state index contributed by atoms with van der Waals surface area (Å²) >= 11 is 0. The highest BCUT2D eigenvalue weighted by Gasteiger charge is 2.36. The van der Waals surface area contributed by atoms with Crippen LogP contribution in [0, 0.1) is 5.82 Å². The summed E-state index contributed by atoms with van der Waals surface area (Å²) in [6.07, 6.45) is 4.47. The Morgan fingerprint density at radius 2 is 1.94 bits per heavy atom. The van der Waals surface area contributed by atoms with Crippen molar-refractivity contribution in [1.29, 1.82) is 0 Å². The summed E-state index contributed by atoms with van der Waals surface area (Å²) in [4.78, 5) is 30.3. The van der Waals surface area contributed by atoms with E-state index in [0.29, 0.717) is 31.7 Å². The molecule has 1 aliphatic rings. The molecule has 0 saturated carbocycles. The average Bonchev–Trinajstić information content (AvgIpc) is 3.50. The summed E-state index contributed by atoms with van der Waals surface area (Å²) in [5.74, 6) is -0.144. The van der Waals surface area contributed by atoms with Crippen LogP contribution in [0.3, 0.4) is 0 Å². The second-order valence-corrected chi connectivity index (χ2v) is 7.95. The van der Waals surface area contributed by atoms with Gasteiger partial charge in [0, 0.05) is 42.3 Å². The molecule has 4 aromatic rings. The van der Waals surface area contributed by atoms with E-state index in [9.17, 15) is 14.0 Å². The number of fused-ring (bicyclic) bond motifs is 1. The maximum absolute atomic E-state index is 13.1. The molecule has 0 aliphatic carbocycles.